The highest BCUT2D eigenvalue weighted by Gasteiger charge is 2.16. The fraction of sp³-hybridized carbons (Fsp3) is 0.409. The molecule has 0 saturated heterocycles. The minimum atomic E-state index is 0. The topological polar surface area (TPSA) is 82.6 Å². The fourth-order valence-corrected chi connectivity index (χ4v) is 3.22. The zero-order valence-corrected chi connectivity index (χ0v) is 20.6. The number of guanidine groups is 1. The molecule has 170 valence electrons. The van der Waals surface area contributed by atoms with Gasteiger partial charge in [0.2, 0.25) is 12.5 Å². The van der Waals surface area contributed by atoms with Crippen molar-refractivity contribution in [2.45, 2.75) is 19.9 Å². The average Bonchev–Trinajstić information content (AvgIpc) is 3.24. The van der Waals surface area contributed by atoms with Crippen LogP contribution in [-0.2, 0) is 13.0 Å². The van der Waals surface area contributed by atoms with Crippen LogP contribution >= 0.6 is 24.0 Å². The van der Waals surface area contributed by atoms with Gasteiger partial charge in [-0.15, -0.1) is 24.0 Å². The number of nitrogens with zero attached hydrogens (tertiary/aromatic N) is 1. The summed E-state index contributed by atoms with van der Waals surface area (Å²) in [6, 6.07) is 9.79. The smallest absolute Gasteiger partial charge is 0.231 e. The first kappa shape index (κ1) is 24.7. The summed E-state index contributed by atoms with van der Waals surface area (Å²) >= 11 is 0. The van der Waals surface area contributed by atoms with E-state index in [-0.39, 0.29) is 30.8 Å². The largest absolute Gasteiger partial charge is 0.493 e. The normalized spacial score (nSPS) is 12.1. The third-order valence-electron chi connectivity index (χ3n) is 4.68. The molecule has 0 aliphatic carbocycles. The Labute approximate surface area is 200 Å². The second-order valence-electron chi connectivity index (χ2n) is 6.55. The van der Waals surface area contributed by atoms with E-state index >= 15 is 0 Å². The van der Waals surface area contributed by atoms with Crippen LogP contribution in [-0.4, -0.2) is 47.2 Å². The molecule has 8 nitrogen and oxygen atoms in total. The van der Waals surface area contributed by atoms with E-state index in [0.717, 1.165) is 42.5 Å². The van der Waals surface area contributed by atoms with Crippen LogP contribution in [0.25, 0.3) is 0 Å². The van der Waals surface area contributed by atoms with E-state index in [2.05, 4.69) is 15.6 Å². The maximum Gasteiger partial charge on any atom is 0.231 e. The van der Waals surface area contributed by atoms with Crippen LogP contribution in [0.2, 0.25) is 0 Å². The number of hydrogen-bond donors (Lipinski definition) is 2. The lowest BCUT2D eigenvalue weighted by Crippen LogP contribution is -2.38. The molecule has 0 fully saturated rings. The molecule has 2 aromatic carbocycles. The van der Waals surface area contributed by atoms with E-state index < -0.39 is 0 Å². The minimum Gasteiger partial charge on any atom is -0.493 e. The fourth-order valence-electron chi connectivity index (χ4n) is 3.22. The molecule has 31 heavy (non-hydrogen) atoms. The van der Waals surface area contributed by atoms with Gasteiger partial charge in [0.05, 0.1) is 27.9 Å². The van der Waals surface area contributed by atoms with Gasteiger partial charge in [0, 0.05) is 18.7 Å². The Hall–Kier alpha value is -2.56. The third-order valence-corrected chi connectivity index (χ3v) is 4.68. The molecule has 3 rings (SSSR count). The first-order valence-electron chi connectivity index (χ1n) is 9.88. The molecule has 1 heterocycles. The van der Waals surface area contributed by atoms with Crippen molar-refractivity contribution in [2.24, 2.45) is 4.99 Å². The zero-order chi connectivity index (χ0) is 21.3. The van der Waals surface area contributed by atoms with Crippen LogP contribution in [0.15, 0.2) is 35.3 Å². The van der Waals surface area contributed by atoms with Gasteiger partial charge in [-0.3, -0.25) is 0 Å². The number of rotatable bonds is 9. The molecule has 0 atom stereocenters. The molecule has 2 N–H and O–H groups in total. The maximum atomic E-state index is 5.54. The molecule has 0 radical (unpaired) electrons. The number of nitrogens with one attached hydrogen (secondary N) is 2. The molecular formula is C22H30IN3O5. The molecule has 0 unspecified atom stereocenters. The van der Waals surface area contributed by atoms with Gasteiger partial charge in [0.25, 0.3) is 0 Å². The summed E-state index contributed by atoms with van der Waals surface area (Å²) < 4.78 is 27.1. The second kappa shape index (κ2) is 12.3. The van der Waals surface area contributed by atoms with Crippen LogP contribution in [0.4, 0.5) is 0 Å². The SMILES string of the molecule is CCNC(=NCc1ccc(OC)c(OC)c1OC)NCCc1ccc2c(c1)OCO2.I. The predicted octanol–water partition coefficient (Wildman–Crippen LogP) is 3.36. The zero-order valence-electron chi connectivity index (χ0n) is 18.3. The van der Waals surface area contributed by atoms with E-state index in [4.69, 9.17) is 23.7 Å². The minimum absolute atomic E-state index is 0. The van der Waals surface area contributed by atoms with Crippen LogP contribution in [0.3, 0.4) is 0 Å². The molecule has 0 saturated carbocycles. The molecule has 0 aromatic heterocycles. The molecule has 0 amide bonds. The Kier molecular flexibility index (Phi) is 9.83. The van der Waals surface area contributed by atoms with Gasteiger partial charge >= 0.3 is 0 Å². The number of hydrogen-bond acceptors (Lipinski definition) is 6. The summed E-state index contributed by atoms with van der Waals surface area (Å²) in [5.41, 5.74) is 2.08. The maximum absolute atomic E-state index is 5.54. The van der Waals surface area contributed by atoms with Crippen LogP contribution in [0.5, 0.6) is 28.7 Å². The molecule has 2 aromatic rings. The predicted molar refractivity (Wildman–Crippen MR) is 131 cm³/mol. The third kappa shape index (κ3) is 6.22. The number of aliphatic imine (C=N–C) groups is 1. The molecule has 9 heteroatoms. The van der Waals surface area contributed by atoms with Gasteiger partial charge in [0.15, 0.2) is 29.0 Å². The van der Waals surface area contributed by atoms with Crippen molar-refractivity contribution < 1.29 is 23.7 Å². The van der Waals surface area contributed by atoms with Gasteiger partial charge in [0.1, 0.15) is 0 Å². The van der Waals surface area contributed by atoms with Crippen molar-refractivity contribution in [3.8, 4) is 28.7 Å². The lowest BCUT2D eigenvalue weighted by atomic mass is 10.1. The Balaban J connectivity index is 0.00000341. The van der Waals surface area contributed by atoms with Gasteiger partial charge in [-0.2, -0.15) is 0 Å². The van der Waals surface area contributed by atoms with Crippen molar-refractivity contribution in [1.29, 1.82) is 0 Å². The Morgan fingerprint density at radius 3 is 2.45 bits per heavy atom. The highest BCUT2D eigenvalue weighted by atomic mass is 127. The van der Waals surface area contributed by atoms with Crippen molar-refractivity contribution in [2.75, 3.05) is 41.2 Å². The molecule has 1 aliphatic rings. The lowest BCUT2D eigenvalue weighted by molar-refractivity contribution is 0.174. The first-order valence-corrected chi connectivity index (χ1v) is 9.88. The number of halogens is 1. The molecule has 1 aliphatic heterocycles. The average molecular weight is 543 g/mol. The highest BCUT2D eigenvalue weighted by molar-refractivity contribution is 14.0. The van der Waals surface area contributed by atoms with Gasteiger partial charge < -0.3 is 34.3 Å². The number of methoxy groups -OCH3 is 3. The summed E-state index contributed by atoms with van der Waals surface area (Å²) in [6.07, 6.45) is 0.834. The second-order valence-corrected chi connectivity index (χ2v) is 6.55. The van der Waals surface area contributed by atoms with Gasteiger partial charge in [-0.25, -0.2) is 4.99 Å². The Morgan fingerprint density at radius 1 is 0.968 bits per heavy atom. The van der Waals surface area contributed by atoms with E-state index in [9.17, 15) is 0 Å². The van der Waals surface area contributed by atoms with Crippen molar-refractivity contribution >= 4 is 29.9 Å². The summed E-state index contributed by atoms with van der Waals surface area (Å²) in [7, 11) is 4.80. The van der Waals surface area contributed by atoms with E-state index in [1.807, 2.05) is 37.3 Å². The Bertz CT molecular complexity index is 892. The highest BCUT2D eigenvalue weighted by Crippen LogP contribution is 2.40. The number of benzene rings is 2. The monoisotopic (exact) mass is 543 g/mol. The number of fused-ring (bicyclic) bond motifs is 1. The van der Waals surface area contributed by atoms with E-state index in [1.54, 1.807) is 21.3 Å². The van der Waals surface area contributed by atoms with E-state index in [0.29, 0.717) is 23.8 Å². The summed E-state index contributed by atoms with van der Waals surface area (Å²) in [5.74, 6) is 4.13. The van der Waals surface area contributed by atoms with Crippen LogP contribution < -0.4 is 34.3 Å². The lowest BCUT2D eigenvalue weighted by Gasteiger charge is -2.16. The molecule has 0 spiro atoms. The summed E-state index contributed by atoms with van der Waals surface area (Å²) in [6.45, 7) is 4.25. The van der Waals surface area contributed by atoms with Crippen molar-refractivity contribution in [1.82, 2.24) is 10.6 Å². The first-order chi connectivity index (χ1) is 14.7. The molecular weight excluding hydrogens is 513 g/mol. The summed E-state index contributed by atoms with van der Waals surface area (Å²) in [4.78, 5) is 4.69. The van der Waals surface area contributed by atoms with Crippen LogP contribution in [0, 0.1) is 0 Å². The van der Waals surface area contributed by atoms with Gasteiger partial charge in [-0.05, 0) is 43.2 Å². The standard InChI is InChI=1S/C22H29N3O5.HI/c1-5-23-22(24-11-10-15-6-8-17-19(12-15)30-14-29-17)25-13-16-7-9-18(26-2)21(28-4)20(16)27-3;/h6-9,12H,5,10-11,13-14H2,1-4H3,(H2,23,24,25);1H. The van der Waals surface area contributed by atoms with Crippen molar-refractivity contribution in [3.05, 3.63) is 41.5 Å². The van der Waals surface area contributed by atoms with Crippen molar-refractivity contribution in [3.63, 3.8) is 0 Å². The van der Waals surface area contributed by atoms with Crippen LogP contribution in [0.1, 0.15) is 18.1 Å². The summed E-state index contributed by atoms with van der Waals surface area (Å²) in [5, 5.41) is 6.63. The quantitative estimate of drug-likeness (QED) is 0.285. The van der Waals surface area contributed by atoms with E-state index in [1.165, 1.54) is 5.56 Å². The Morgan fingerprint density at radius 2 is 1.74 bits per heavy atom. The molecule has 0 bridgehead atoms. The number of ether oxygens (including phenoxy) is 5. The van der Waals surface area contributed by atoms with Gasteiger partial charge in [-0.1, -0.05) is 6.07 Å².